The number of hydrogen-bond acceptors (Lipinski definition) is 3. The normalized spacial score (nSPS) is 19.1. The predicted molar refractivity (Wildman–Crippen MR) is 64.5 cm³/mol. The van der Waals surface area contributed by atoms with E-state index in [0.717, 1.165) is 30.1 Å². The monoisotopic (exact) mass is 229 g/mol. The van der Waals surface area contributed by atoms with Gasteiger partial charge in [-0.3, -0.25) is 0 Å². The average molecular weight is 229 g/mol. The molecule has 1 atom stereocenters. The topological polar surface area (TPSA) is 50.9 Å². The van der Waals surface area contributed by atoms with Crippen molar-refractivity contribution in [2.75, 3.05) is 0 Å². The molecule has 4 heteroatoms. The maximum Gasteiger partial charge on any atom is 0.181 e. The Bertz CT molecular complexity index is 547. The molecule has 4 nitrogen and oxygen atoms in total. The second-order valence-corrected chi connectivity index (χ2v) is 4.54. The Morgan fingerprint density at radius 3 is 3.00 bits per heavy atom. The Labute approximate surface area is 99.9 Å². The number of benzene rings is 1. The highest BCUT2D eigenvalue weighted by atomic mass is 16.3. The maximum atomic E-state index is 9.60. The molecule has 0 spiro atoms. The van der Waals surface area contributed by atoms with Crippen LogP contribution in [0.5, 0.6) is 0 Å². The molecule has 2 aromatic rings. The minimum Gasteiger partial charge on any atom is -0.391 e. The third-order valence-corrected chi connectivity index (χ3v) is 3.22. The minimum absolute atomic E-state index is 0.283. The standard InChI is InChI=1S/C13H15N3O/c1-9-4-2-3-5-11(9)13-14-12-7-6-10(17)8-16(12)15-13/h2-5,10,17H,6-8H2,1H3. The van der Waals surface area contributed by atoms with Crippen LogP contribution in [0.1, 0.15) is 17.8 Å². The van der Waals surface area contributed by atoms with Crippen LogP contribution in [0.25, 0.3) is 11.4 Å². The number of aliphatic hydroxyl groups is 1. The Hall–Kier alpha value is -1.68. The van der Waals surface area contributed by atoms with Crippen molar-refractivity contribution in [1.29, 1.82) is 0 Å². The Balaban J connectivity index is 2.03. The van der Waals surface area contributed by atoms with Gasteiger partial charge in [0.1, 0.15) is 5.82 Å². The van der Waals surface area contributed by atoms with Crippen molar-refractivity contribution < 1.29 is 5.11 Å². The van der Waals surface area contributed by atoms with E-state index in [4.69, 9.17) is 0 Å². The summed E-state index contributed by atoms with van der Waals surface area (Å²) in [4.78, 5) is 4.56. The van der Waals surface area contributed by atoms with E-state index in [-0.39, 0.29) is 6.10 Å². The number of rotatable bonds is 1. The largest absolute Gasteiger partial charge is 0.391 e. The Morgan fingerprint density at radius 1 is 1.35 bits per heavy atom. The van der Waals surface area contributed by atoms with Gasteiger partial charge in [-0.15, -0.1) is 0 Å². The number of nitrogens with zero attached hydrogens (tertiary/aromatic N) is 3. The van der Waals surface area contributed by atoms with E-state index in [1.54, 1.807) is 0 Å². The predicted octanol–water partition coefficient (Wildman–Crippen LogP) is 1.56. The van der Waals surface area contributed by atoms with E-state index in [0.29, 0.717) is 6.54 Å². The summed E-state index contributed by atoms with van der Waals surface area (Å²) in [7, 11) is 0. The van der Waals surface area contributed by atoms with Crippen molar-refractivity contribution in [1.82, 2.24) is 14.8 Å². The van der Waals surface area contributed by atoms with Crippen LogP contribution in [-0.2, 0) is 13.0 Å². The van der Waals surface area contributed by atoms with Crippen molar-refractivity contribution in [3.63, 3.8) is 0 Å². The number of fused-ring (bicyclic) bond motifs is 1. The van der Waals surface area contributed by atoms with Crippen molar-refractivity contribution in [3.05, 3.63) is 35.7 Å². The van der Waals surface area contributed by atoms with E-state index >= 15 is 0 Å². The second kappa shape index (κ2) is 3.96. The summed E-state index contributed by atoms with van der Waals surface area (Å²) in [6.45, 7) is 2.62. The summed E-state index contributed by atoms with van der Waals surface area (Å²) < 4.78 is 1.83. The first-order valence-corrected chi connectivity index (χ1v) is 5.92. The number of aliphatic hydroxyl groups excluding tert-OH is 1. The first-order chi connectivity index (χ1) is 8.24. The minimum atomic E-state index is -0.283. The highest BCUT2D eigenvalue weighted by molar-refractivity contribution is 5.59. The molecule has 1 unspecified atom stereocenters. The summed E-state index contributed by atoms with van der Waals surface area (Å²) in [5.41, 5.74) is 2.25. The van der Waals surface area contributed by atoms with Gasteiger partial charge in [-0.05, 0) is 18.9 Å². The van der Waals surface area contributed by atoms with Gasteiger partial charge in [0.25, 0.3) is 0 Å². The van der Waals surface area contributed by atoms with Gasteiger partial charge in [0, 0.05) is 12.0 Å². The summed E-state index contributed by atoms with van der Waals surface area (Å²) in [6, 6.07) is 8.10. The summed E-state index contributed by atoms with van der Waals surface area (Å²) in [6.07, 6.45) is 1.31. The van der Waals surface area contributed by atoms with Crippen LogP contribution in [0.15, 0.2) is 24.3 Å². The smallest absolute Gasteiger partial charge is 0.181 e. The Kier molecular flexibility index (Phi) is 2.44. The second-order valence-electron chi connectivity index (χ2n) is 4.54. The van der Waals surface area contributed by atoms with E-state index in [9.17, 15) is 5.11 Å². The molecule has 0 radical (unpaired) electrons. The molecule has 3 rings (SSSR count). The highest BCUT2D eigenvalue weighted by Gasteiger charge is 2.20. The van der Waals surface area contributed by atoms with Crippen molar-refractivity contribution in [2.24, 2.45) is 0 Å². The van der Waals surface area contributed by atoms with E-state index < -0.39 is 0 Å². The SMILES string of the molecule is Cc1ccccc1-c1nc2n(n1)CC(O)CC2. The third-order valence-electron chi connectivity index (χ3n) is 3.22. The fraction of sp³-hybridized carbons (Fsp3) is 0.385. The van der Waals surface area contributed by atoms with Crippen LogP contribution in [0, 0.1) is 6.92 Å². The first-order valence-electron chi connectivity index (χ1n) is 5.92. The lowest BCUT2D eigenvalue weighted by Crippen LogP contribution is -2.25. The zero-order valence-corrected chi connectivity index (χ0v) is 9.80. The average Bonchev–Trinajstić information content (AvgIpc) is 2.72. The Morgan fingerprint density at radius 2 is 2.18 bits per heavy atom. The zero-order valence-electron chi connectivity index (χ0n) is 9.80. The quantitative estimate of drug-likeness (QED) is 0.807. The van der Waals surface area contributed by atoms with E-state index in [1.165, 1.54) is 5.56 Å². The highest BCUT2D eigenvalue weighted by Crippen LogP contribution is 2.22. The molecule has 88 valence electrons. The van der Waals surface area contributed by atoms with Crippen LogP contribution in [-0.4, -0.2) is 26.0 Å². The van der Waals surface area contributed by atoms with Gasteiger partial charge in [0.05, 0.1) is 12.6 Å². The molecule has 0 saturated heterocycles. The number of aryl methyl sites for hydroxylation is 2. The lowest BCUT2D eigenvalue weighted by atomic mass is 10.1. The van der Waals surface area contributed by atoms with Gasteiger partial charge in [-0.1, -0.05) is 24.3 Å². The van der Waals surface area contributed by atoms with Crippen LogP contribution in [0.4, 0.5) is 0 Å². The summed E-state index contributed by atoms with van der Waals surface area (Å²) in [5.74, 6) is 1.75. The van der Waals surface area contributed by atoms with Crippen molar-refractivity contribution in [2.45, 2.75) is 32.4 Å². The van der Waals surface area contributed by atoms with Crippen LogP contribution in [0.3, 0.4) is 0 Å². The van der Waals surface area contributed by atoms with Gasteiger partial charge in [0.2, 0.25) is 0 Å². The van der Waals surface area contributed by atoms with Crippen LogP contribution >= 0.6 is 0 Å². The molecule has 1 aromatic carbocycles. The molecule has 1 aliphatic heterocycles. The molecular formula is C13H15N3O. The molecule has 1 N–H and O–H groups in total. The van der Waals surface area contributed by atoms with Gasteiger partial charge >= 0.3 is 0 Å². The molecule has 0 saturated carbocycles. The molecule has 1 aromatic heterocycles. The fourth-order valence-electron chi connectivity index (χ4n) is 2.23. The van der Waals surface area contributed by atoms with Gasteiger partial charge in [-0.25, -0.2) is 9.67 Å². The molecule has 0 bridgehead atoms. The molecular weight excluding hydrogens is 214 g/mol. The fourth-order valence-corrected chi connectivity index (χ4v) is 2.23. The zero-order chi connectivity index (χ0) is 11.8. The maximum absolute atomic E-state index is 9.60. The first kappa shape index (κ1) is 10.5. The summed E-state index contributed by atoms with van der Waals surface area (Å²) in [5, 5.41) is 14.1. The van der Waals surface area contributed by atoms with E-state index in [2.05, 4.69) is 23.1 Å². The third kappa shape index (κ3) is 1.85. The van der Waals surface area contributed by atoms with Crippen molar-refractivity contribution >= 4 is 0 Å². The van der Waals surface area contributed by atoms with E-state index in [1.807, 2.05) is 22.9 Å². The molecule has 0 aliphatic carbocycles. The summed E-state index contributed by atoms with van der Waals surface area (Å²) >= 11 is 0. The molecule has 1 aliphatic rings. The molecule has 2 heterocycles. The lowest BCUT2D eigenvalue weighted by molar-refractivity contribution is 0.124. The van der Waals surface area contributed by atoms with Crippen LogP contribution in [0.2, 0.25) is 0 Å². The number of aromatic nitrogens is 3. The number of hydrogen-bond donors (Lipinski definition) is 1. The van der Waals surface area contributed by atoms with Gasteiger partial charge < -0.3 is 5.11 Å². The molecule has 0 amide bonds. The van der Waals surface area contributed by atoms with Crippen LogP contribution < -0.4 is 0 Å². The lowest BCUT2D eigenvalue weighted by Gasteiger charge is -2.16. The van der Waals surface area contributed by atoms with Gasteiger partial charge in [0.15, 0.2) is 5.82 Å². The van der Waals surface area contributed by atoms with Crippen molar-refractivity contribution in [3.8, 4) is 11.4 Å². The molecule has 0 fully saturated rings. The van der Waals surface area contributed by atoms with Gasteiger partial charge in [-0.2, -0.15) is 5.10 Å². The molecule has 17 heavy (non-hydrogen) atoms.